The first-order valence-electron chi connectivity index (χ1n) is 7.22. The van der Waals surface area contributed by atoms with Gasteiger partial charge in [0.25, 0.3) is 5.91 Å². The molecule has 1 aromatic heterocycles. The fourth-order valence-electron chi connectivity index (χ4n) is 2.15. The summed E-state index contributed by atoms with van der Waals surface area (Å²) in [6.07, 6.45) is 1.71. The average molecular weight is 379 g/mol. The lowest BCUT2D eigenvalue weighted by molar-refractivity contribution is 0.0783. The number of aromatic nitrogens is 1. The number of hydrogen-bond donors (Lipinski definition) is 0. The Morgan fingerprint density at radius 1 is 1.35 bits per heavy atom. The van der Waals surface area contributed by atoms with Gasteiger partial charge in [-0.3, -0.25) is 9.78 Å². The predicted octanol–water partition coefficient (Wildman–Crippen LogP) is 3.52. The van der Waals surface area contributed by atoms with E-state index in [1.807, 2.05) is 25.1 Å². The van der Waals surface area contributed by atoms with Crippen molar-refractivity contribution in [2.24, 2.45) is 0 Å². The number of benzene rings is 1. The van der Waals surface area contributed by atoms with Gasteiger partial charge >= 0.3 is 0 Å². The maximum atomic E-state index is 12.6. The zero-order valence-electron chi connectivity index (χ0n) is 13.4. The molecular weight excluding hydrogens is 360 g/mol. The second-order valence-corrected chi connectivity index (χ2v) is 5.76. The number of nitrogens with zero attached hydrogens (tertiary/aromatic N) is 2. The molecule has 0 radical (unpaired) electrons. The van der Waals surface area contributed by atoms with E-state index in [2.05, 4.69) is 20.9 Å². The summed E-state index contributed by atoms with van der Waals surface area (Å²) in [5.74, 6) is 1.01. The maximum absolute atomic E-state index is 12.6. The lowest BCUT2D eigenvalue weighted by atomic mass is 10.1. The van der Waals surface area contributed by atoms with E-state index in [-0.39, 0.29) is 5.91 Å². The van der Waals surface area contributed by atoms with Crippen LogP contribution in [-0.4, -0.2) is 36.6 Å². The molecule has 0 spiro atoms. The van der Waals surface area contributed by atoms with Crippen LogP contribution in [0.5, 0.6) is 11.5 Å². The molecule has 0 unspecified atom stereocenters. The number of amides is 1. The molecule has 0 fully saturated rings. The highest BCUT2D eigenvalue weighted by atomic mass is 79.9. The number of pyridine rings is 1. The number of rotatable bonds is 6. The maximum Gasteiger partial charge on any atom is 0.254 e. The summed E-state index contributed by atoms with van der Waals surface area (Å²) in [7, 11) is 3.30. The number of carbonyl (C=O) groups is 1. The summed E-state index contributed by atoms with van der Waals surface area (Å²) in [6, 6.07) is 9.06. The van der Waals surface area contributed by atoms with Crippen LogP contribution in [0.2, 0.25) is 0 Å². The minimum absolute atomic E-state index is 0.113. The minimum atomic E-state index is -0.113. The van der Waals surface area contributed by atoms with E-state index in [4.69, 9.17) is 9.47 Å². The zero-order valence-corrected chi connectivity index (χ0v) is 15.0. The molecule has 2 aromatic rings. The van der Waals surface area contributed by atoms with Gasteiger partial charge in [-0.25, -0.2) is 0 Å². The normalized spacial score (nSPS) is 10.3. The summed E-state index contributed by atoms with van der Waals surface area (Å²) in [4.78, 5) is 18.5. The first-order valence-corrected chi connectivity index (χ1v) is 8.01. The third kappa shape index (κ3) is 4.22. The molecule has 0 aliphatic heterocycles. The molecule has 122 valence electrons. The monoisotopic (exact) mass is 378 g/mol. The molecule has 1 amide bonds. The smallest absolute Gasteiger partial charge is 0.254 e. The fourth-order valence-corrected chi connectivity index (χ4v) is 2.71. The Bertz CT molecular complexity index is 677. The molecular formula is C17H19BrN2O3. The number of methoxy groups -OCH3 is 1. The summed E-state index contributed by atoms with van der Waals surface area (Å²) >= 11 is 3.44. The number of ether oxygens (including phenoxy) is 2. The van der Waals surface area contributed by atoms with Crippen LogP contribution in [0.4, 0.5) is 0 Å². The summed E-state index contributed by atoms with van der Waals surface area (Å²) in [6.45, 7) is 2.85. The standard InChI is InChI=1S/C17H19BrN2O3/c1-4-23-16-14(18)9-12(10-15(16)22-3)17(21)20(2)11-13-7-5-6-8-19-13/h5-10H,4,11H2,1-3H3. The molecule has 0 saturated carbocycles. The highest BCUT2D eigenvalue weighted by molar-refractivity contribution is 9.10. The van der Waals surface area contributed by atoms with E-state index < -0.39 is 0 Å². The van der Waals surface area contributed by atoms with E-state index in [1.54, 1.807) is 37.4 Å². The van der Waals surface area contributed by atoms with Crippen LogP contribution in [0.1, 0.15) is 23.0 Å². The number of halogens is 1. The number of carbonyl (C=O) groups excluding carboxylic acids is 1. The Morgan fingerprint density at radius 3 is 2.74 bits per heavy atom. The molecule has 1 aromatic carbocycles. The van der Waals surface area contributed by atoms with Crippen molar-refractivity contribution in [1.29, 1.82) is 0 Å². The second-order valence-electron chi connectivity index (χ2n) is 4.90. The van der Waals surface area contributed by atoms with Crippen LogP contribution in [0.15, 0.2) is 41.0 Å². The summed E-state index contributed by atoms with van der Waals surface area (Å²) < 4.78 is 11.6. The molecule has 5 nitrogen and oxygen atoms in total. The van der Waals surface area contributed by atoms with Gasteiger partial charge in [-0.1, -0.05) is 6.07 Å². The van der Waals surface area contributed by atoms with Crippen molar-refractivity contribution in [3.05, 3.63) is 52.3 Å². The molecule has 6 heteroatoms. The van der Waals surface area contributed by atoms with Crippen molar-refractivity contribution >= 4 is 21.8 Å². The van der Waals surface area contributed by atoms with Gasteiger partial charge in [0.15, 0.2) is 11.5 Å². The van der Waals surface area contributed by atoms with Gasteiger partial charge in [-0.2, -0.15) is 0 Å². The highest BCUT2D eigenvalue weighted by Gasteiger charge is 2.18. The Balaban J connectivity index is 2.23. The van der Waals surface area contributed by atoms with Gasteiger partial charge in [0.05, 0.1) is 30.4 Å². The topological polar surface area (TPSA) is 51.7 Å². The van der Waals surface area contributed by atoms with Gasteiger partial charge in [0, 0.05) is 18.8 Å². The van der Waals surface area contributed by atoms with Gasteiger partial charge in [0.1, 0.15) is 0 Å². The molecule has 0 aliphatic rings. The van der Waals surface area contributed by atoms with E-state index in [9.17, 15) is 4.79 Å². The van der Waals surface area contributed by atoms with Crippen molar-refractivity contribution in [2.75, 3.05) is 20.8 Å². The Hall–Kier alpha value is -2.08. The van der Waals surface area contributed by atoms with Crippen LogP contribution in [0.25, 0.3) is 0 Å². The Morgan fingerprint density at radius 2 is 2.13 bits per heavy atom. The minimum Gasteiger partial charge on any atom is -0.493 e. The highest BCUT2D eigenvalue weighted by Crippen LogP contribution is 2.36. The molecule has 23 heavy (non-hydrogen) atoms. The summed E-state index contributed by atoms with van der Waals surface area (Å²) in [5, 5.41) is 0. The SMILES string of the molecule is CCOc1c(Br)cc(C(=O)N(C)Cc2ccccn2)cc1OC. The molecule has 0 saturated heterocycles. The first kappa shape index (κ1) is 17.3. The quantitative estimate of drug-likeness (QED) is 0.771. The Labute approximate surface area is 144 Å². The van der Waals surface area contributed by atoms with Gasteiger partial charge in [0.2, 0.25) is 0 Å². The predicted molar refractivity (Wildman–Crippen MR) is 91.9 cm³/mol. The van der Waals surface area contributed by atoms with Crippen molar-refractivity contribution < 1.29 is 14.3 Å². The van der Waals surface area contributed by atoms with Crippen LogP contribution in [-0.2, 0) is 6.54 Å². The van der Waals surface area contributed by atoms with Crippen molar-refractivity contribution in [2.45, 2.75) is 13.5 Å². The molecule has 0 bridgehead atoms. The lowest BCUT2D eigenvalue weighted by Gasteiger charge is -2.18. The lowest BCUT2D eigenvalue weighted by Crippen LogP contribution is -2.26. The van der Waals surface area contributed by atoms with Crippen molar-refractivity contribution in [3.63, 3.8) is 0 Å². The van der Waals surface area contributed by atoms with Crippen LogP contribution < -0.4 is 9.47 Å². The van der Waals surface area contributed by atoms with Gasteiger partial charge in [-0.05, 0) is 47.1 Å². The van der Waals surface area contributed by atoms with E-state index in [1.165, 1.54) is 0 Å². The van der Waals surface area contributed by atoms with E-state index in [0.717, 1.165) is 5.69 Å². The zero-order chi connectivity index (χ0) is 16.8. The molecule has 0 aliphatic carbocycles. The third-order valence-corrected chi connectivity index (χ3v) is 3.83. The first-order chi connectivity index (χ1) is 11.1. The molecule has 0 N–H and O–H groups in total. The van der Waals surface area contributed by atoms with Gasteiger partial charge in [-0.15, -0.1) is 0 Å². The average Bonchev–Trinajstić information content (AvgIpc) is 2.56. The second kappa shape index (κ2) is 7.97. The fraction of sp³-hybridized carbons (Fsp3) is 0.294. The third-order valence-electron chi connectivity index (χ3n) is 3.24. The molecule has 1 heterocycles. The van der Waals surface area contributed by atoms with Crippen LogP contribution in [0, 0.1) is 0 Å². The number of hydrogen-bond acceptors (Lipinski definition) is 4. The van der Waals surface area contributed by atoms with Crippen LogP contribution >= 0.6 is 15.9 Å². The van der Waals surface area contributed by atoms with Crippen LogP contribution in [0.3, 0.4) is 0 Å². The van der Waals surface area contributed by atoms with Crippen molar-refractivity contribution in [1.82, 2.24) is 9.88 Å². The summed E-state index contributed by atoms with van der Waals surface area (Å²) in [5.41, 5.74) is 1.36. The molecule has 0 atom stereocenters. The Kier molecular flexibility index (Phi) is 5.98. The van der Waals surface area contributed by atoms with Gasteiger partial charge < -0.3 is 14.4 Å². The largest absolute Gasteiger partial charge is 0.493 e. The van der Waals surface area contributed by atoms with E-state index in [0.29, 0.717) is 34.7 Å². The van der Waals surface area contributed by atoms with E-state index >= 15 is 0 Å². The van der Waals surface area contributed by atoms with Crippen molar-refractivity contribution in [3.8, 4) is 11.5 Å². The molecule has 2 rings (SSSR count).